The van der Waals surface area contributed by atoms with Crippen LogP contribution in [0.2, 0.25) is 0 Å². The van der Waals surface area contributed by atoms with Crippen LogP contribution in [0.3, 0.4) is 0 Å². The van der Waals surface area contributed by atoms with Crippen molar-refractivity contribution in [1.29, 1.82) is 0 Å². The molecule has 0 saturated heterocycles. The molecule has 2 rings (SSSR count). The predicted octanol–water partition coefficient (Wildman–Crippen LogP) is 2.74. The van der Waals surface area contributed by atoms with Crippen LogP contribution in [0.1, 0.15) is 16.7 Å². The minimum atomic E-state index is 0.236. The van der Waals surface area contributed by atoms with E-state index in [0.29, 0.717) is 12.8 Å². The highest BCUT2D eigenvalue weighted by Crippen LogP contribution is 2.06. The van der Waals surface area contributed by atoms with E-state index in [1.165, 1.54) is 5.56 Å². The highest BCUT2D eigenvalue weighted by molar-refractivity contribution is 5.83. The van der Waals surface area contributed by atoms with Gasteiger partial charge in [-0.15, -0.1) is 0 Å². The van der Waals surface area contributed by atoms with E-state index in [4.69, 9.17) is 0 Å². The molecule has 0 saturated carbocycles. The van der Waals surface area contributed by atoms with E-state index in [0.717, 1.165) is 11.1 Å². The number of nitrogens with zero attached hydrogens (tertiary/aromatic N) is 1. The Morgan fingerprint density at radius 2 is 1.47 bits per heavy atom. The molecule has 0 aliphatic carbocycles. The summed E-state index contributed by atoms with van der Waals surface area (Å²) in [6.07, 6.45) is 4.42. The van der Waals surface area contributed by atoms with Gasteiger partial charge in [0.25, 0.3) is 0 Å². The second-order valence-electron chi connectivity index (χ2n) is 4.23. The maximum Gasteiger partial charge on any atom is 0.141 e. The third-order valence-corrected chi connectivity index (χ3v) is 2.67. The van der Waals surface area contributed by atoms with Gasteiger partial charge >= 0.3 is 0 Å². The SMILES string of the molecule is Cc1ccc(CC(=O)Cc2ccncc2)cc1. The molecule has 0 spiro atoms. The first-order chi connectivity index (χ1) is 8.24. The van der Waals surface area contributed by atoms with Crippen molar-refractivity contribution in [3.8, 4) is 0 Å². The predicted molar refractivity (Wildman–Crippen MR) is 67.8 cm³/mol. The molecule has 0 fully saturated rings. The van der Waals surface area contributed by atoms with Crippen LogP contribution in [0.4, 0.5) is 0 Å². The number of benzene rings is 1. The Morgan fingerprint density at radius 1 is 0.941 bits per heavy atom. The fraction of sp³-hybridized carbons (Fsp3) is 0.200. The van der Waals surface area contributed by atoms with Crippen molar-refractivity contribution in [3.63, 3.8) is 0 Å². The summed E-state index contributed by atoms with van der Waals surface area (Å²) >= 11 is 0. The molecule has 17 heavy (non-hydrogen) atoms. The van der Waals surface area contributed by atoms with Crippen molar-refractivity contribution in [1.82, 2.24) is 4.98 Å². The zero-order valence-corrected chi connectivity index (χ0v) is 9.89. The average Bonchev–Trinajstić information content (AvgIpc) is 2.33. The maximum atomic E-state index is 11.8. The fourth-order valence-electron chi connectivity index (χ4n) is 1.72. The molecule has 2 heteroatoms. The molecule has 0 aliphatic rings. The average molecular weight is 225 g/mol. The third kappa shape index (κ3) is 3.52. The molecular formula is C15H15NO. The van der Waals surface area contributed by atoms with Gasteiger partial charge in [0.2, 0.25) is 0 Å². The van der Waals surface area contributed by atoms with Crippen molar-refractivity contribution >= 4 is 5.78 Å². The Morgan fingerprint density at radius 3 is 2.06 bits per heavy atom. The number of Topliss-reactive ketones (excluding diaryl/α,β-unsaturated/α-hetero) is 1. The zero-order chi connectivity index (χ0) is 12.1. The van der Waals surface area contributed by atoms with Crippen molar-refractivity contribution in [2.45, 2.75) is 19.8 Å². The lowest BCUT2D eigenvalue weighted by Crippen LogP contribution is -2.06. The highest BCUT2D eigenvalue weighted by Gasteiger charge is 2.04. The Hall–Kier alpha value is -1.96. The monoisotopic (exact) mass is 225 g/mol. The Kier molecular flexibility index (Phi) is 3.66. The zero-order valence-electron chi connectivity index (χ0n) is 9.89. The molecule has 1 heterocycles. The molecule has 2 aromatic rings. The molecular weight excluding hydrogens is 210 g/mol. The topological polar surface area (TPSA) is 30.0 Å². The second-order valence-corrected chi connectivity index (χ2v) is 4.23. The van der Waals surface area contributed by atoms with E-state index in [1.807, 2.05) is 43.3 Å². The van der Waals surface area contributed by atoms with Gasteiger partial charge in [0.1, 0.15) is 5.78 Å². The summed E-state index contributed by atoms with van der Waals surface area (Å²) in [5.41, 5.74) is 3.32. The summed E-state index contributed by atoms with van der Waals surface area (Å²) in [5.74, 6) is 0.236. The van der Waals surface area contributed by atoms with E-state index in [9.17, 15) is 4.79 Å². The first-order valence-corrected chi connectivity index (χ1v) is 5.70. The number of ketones is 1. The lowest BCUT2D eigenvalue weighted by atomic mass is 10.0. The van der Waals surface area contributed by atoms with E-state index in [-0.39, 0.29) is 5.78 Å². The summed E-state index contributed by atoms with van der Waals surface area (Å²) in [6.45, 7) is 2.04. The highest BCUT2D eigenvalue weighted by atomic mass is 16.1. The number of hydrogen-bond donors (Lipinski definition) is 0. The third-order valence-electron chi connectivity index (χ3n) is 2.67. The summed E-state index contributed by atoms with van der Waals surface area (Å²) in [4.78, 5) is 15.8. The lowest BCUT2D eigenvalue weighted by Gasteiger charge is -2.02. The first kappa shape index (κ1) is 11.5. The normalized spacial score (nSPS) is 10.2. The number of pyridine rings is 1. The molecule has 0 unspecified atom stereocenters. The second kappa shape index (κ2) is 5.39. The summed E-state index contributed by atoms with van der Waals surface area (Å²) in [6, 6.07) is 11.9. The summed E-state index contributed by atoms with van der Waals surface area (Å²) in [7, 11) is 0. The number of aryl methyl sites for hydroxylation is 1. The van der Waals surface area contributed by atoms with Crippen LogP contribution in [0, 0.1) is 6.92 Å². The Bertz CT molecular complexity index is 488. The van der Waals surface area contributed by atoms with Gasteiger partial charge in [-0.1, -0.05) is 29.8 Å². The van der Waals surface area contributed by atoms with Crippen LogP contribution in [-0.4, -0.2) is 10.8 Å². The number of carbonyl (C=O) groups excluding carboxylic acids is 1. The molecule has 1 aromatic carbocycles. The van der Waals surface area contributed by atoms with E-state index in [1.54, 1.807) is 12.4 Å². The number of hydrogen-bond acceptors (Lipinski definition) is 2. The van der Waals surface area contributed by atoms with Gasteiger partial charge in [0, 0.05) is 25.2 Å². The van der Waals surface area contributed by atoms with Crippen LogP contribution in [-0.2, 0) is 17.6 Å². The molecule has 0 atom stereocenters. The van der Waals surface area contributed by atoms with Gasteiger partial charge in [-0.25, -0.2) is 0 Å². The number of carbonyl (C=O) groups is 1. The maximum absolute atomic E-state index is 11.8. The van der Waals surface area contributed by atoms with Gasteiger partial charge in [-0.05, 0) is 30.2 Å². The smallest absolute Gasteiger partial charge is 0.141 e. The molecule has 2 nitrogen and oxygen atoms in total. The molecule has 1 aromatic heterocycles. The van der Waals surface area contributed by atoms with Crippen LogP contribution in [0.25, 0.3) is 0 Å². The van der Waals surface area contributed by atoms with Gasteiger partial charge in [-0.3, -0.25) is 9.78 Å². The molecule has 86 valence electrons. The van der Waals surface area contributed by atoms with Gasteiger partial charge in [0.05, 0.1) is 0 Å². The van der Waals surface area contributed by atoms with Gasteiger partial charge in [-0.2, -0.15) is 0 Å². The lowest BCUT2D eigenvalue weighted by molar-refractivity contribution is -0.117. The minimum Gasteiger partial charge on any atom is -0.299 e. The van der Waals surface area contributed by atoms with Crippen LogP contribution >= 0.6 is 0 Å². The summed E-state index contributed by atoms with van der Waals surface area (Å²) in [5, 5.41) is 0. The van der Waals surface area contributed by atoms with Crippen molar-refractivity contribution < 1.29 is 4.79 Å². The summed E-state index contributed by atoms with van der Waals surface area (Å²) < 4.78 is 0. The minimum absolute atomic E-state index is 0.236. The van der Waals surface area contributed by atoms with Crippen LogP contribution in [0.15, 0.2) is 48.8 Å². The standard InChI is InChI=1S/C15H15NO/c1-12-2-4-13(5-3-12)10-15(17)11-14-6-8-16-9-7-14/h2-9H,10-11H2,1H3. The van der Waals surface area contributed by atoms with Gasteiger partial charge < -0.3 is 0 Å². The number of aromatic nitrogens is 1. The fourth-order valence-corrected chi connectivity index (χ4v) is 1.72. The van der Waals surface area contributed by atoms with E-state index >= 15 is 0 Å². The van der Waals surface area contributed by atoms with E-state index in [2.05, 4.69) is 4.98 Å². The van der Waals surface area contributed by atoms with Crippen LogP contribution < -0.4 is 0 Å². The van der Waals surface area contributed by atoms with Crippen molar-refractivity contribution in [2.75, 3.05) is 0 Å². The quantitative estimate of drug-likeness (QED) is 0.800. The molecule has 0 bridgehead atoms. The molecule has 0 aliphatic heterocycles. The van der Waals surface area contributed by atoms with Gasteiger partial charge in [0.15, 0.2) is 0 Å². The Balaban J connectivity index is 1.96. The first-order valence-electron chi connectivity index (χ1n) is 5.70. The van der Waals surface area contributed by atoms with E-state index < -0.39 is 0 Å². The Labute approximate surface area is 101 Å². The van der Waals surface area contributed by atoms with Crippen molar-refractivity contribution in [2.24, 2.45) is 0 Å². The number of rotatable bonds is 4. The molecule has 0 amide bonds. The molecule has 0 N–H and O–H groups in total. The largest absolute Gasteiger partial charge is 0.299 e. The van der Waals surface area contributed by atoms with Crippen molar-refractivity contribution in [3.05, 3.63) is 65.5 Å². The molecule has 0 radical (unpaired) electrons. The van der Waals surface area contributed by atoms with Crippen LogP contribution in [0.5, 0.6) is 0 Å².